The smallest absolute Gasteiger partial charge is 0.223 e. The highest BCUT2D eigenvalue weighted by atomic mass is 16.2. The predicted molar refractivity (Wildman–Crippen MR) is 67.2 cm³/mol. The third-order valence-corrected chi connectivity index (χ3v) is 3.22. The fourth-order valence-corrected chi connectivity index (χ4v) is 2.12. The Hall–Kier alpha value is -1.38. The van der Waals surface area contributed by atoms with Crippen LogP contribution in [0.1, 0.15) is 33.6 Å². The summed E-state index contributed by atoms with van der Waals surface area (Å²) >= 11 is 0. The lowest BCUT2D eigenvalue weighted by Crippen LogP contribution is -2.43. The summed E-state index contributed by atoms with van der Waals surface area (Å²) in [6.45, 7) is 9.30. The number of hydrogen-bond donors (Lipinski definition) is 0. The molecule has 0 saturated carbocycles. The van der Waals surface area contributed by atoms with Gasteiger partial charge >= 0.3 is 0 Å². The van der Waals surface area contributed by atoms with Crippen molar-refractivity contribution in [3.8, 4) is 0 Å². The minimum Gasteiger partial charge on any atom is -0.313 e. The van der Waals surface area contributed by atoms with E-state index in [4.69, 9.17) is 0 Å². The van der Waals surface area contributed by atoms with Crippen LogP contribution in [0.2, 0.25) is 0 Å². The van der Waals surface area contributed by atoms with Crippen molar-refractivity contribution in [2.45, 2.75) is 39.7 Å². The summed E-state index contributed by atoms with van der Waals surface area (Å²) in [6, 6.07) is 0.280. The molecule has 1 aliphatic heterocycles. The van der Waals surface area contributed by atoms with E-state index >= 15 is 0 Å². The van der Waals surface area contributed by atoms with Crippen LogP contribution in [0.5, 0.6) is 0 Å². The van der Waals surface area contributed by atoms with E-state index < -0.39 is 0 Å². The molecule has 0 radical (unpaired) electrons. The fourth-order valence-electron chi connectivity index (χ4n) is 2.12. The number of likely N-dealkylation sites (tertiary alicyclic amines) is 1. The number of piperidine rings is 1. The zero-order valence-electron chi connectivity index (χ0n) is 10.3. The van der Waals surface area contributed by atoms with E-state index in [2.05, 4.69) is 25.6 Å². The molecule has 0 aromatic rings. The quantitative estimate of drug-likeness (QED) is 0.659. The Balaban J connectivity index is 2.90. The minimum absolute atomic E-state index is 0.116. The normalized spacial score (nSPS) is 28.7. The van der Waals surface area contributed by atoms with Gasteiger partial charge in [-0.3, -0.25) is 9.79 Å². The molecule has 1 fully saturated rings. The van der Waals surface area contributed by atoms with Crippen LogP contribution in [0.15, 0.2) is 29.0 Å². The first-order chi connectivity index (χ1) is 7.57. The van der Waals surface area contributed by atoms with Crippen molar-refractivity contribution in [1.82, 2.24) is 4.90 Å². The number of hydrogen-bond acceptors (Lipinski definition) is 2. The van der Waals surface area contributed by atoms with Crippen molar-refractivity contribution in [2.75, 3.05) is 0 Å². The molecular weight excluding hydrogens is 200 g/mol. The van der Waals surface area contributed by atoms with Gasteiger partial charge in [0.1, 0.15) is 0 Å². The average molecular weight is 220 g/mol. The van der Waals surface area contributed by atoms with Gasteiger partial charge in [0.2, 0.25) is 5.91 Å². The Morgan fingerprint density at radius 2 is 2.25 bits per heavy atom. The molecule has 3 nitrogen and oxygen atoms in total. The van der Waals surface area contributed by atoms with Crippen LogP contribution in [0.4, 0.5) is 0 Å². The zero-order chi connectivity index (χ0) is 12.1. The first kappa shape index (κ1) is 12.7. The maximum absolute atomic E-state index is 11.6. The van der Waals surface area contributed by atoms with Crippen LogP contribution >= 0.6 is 0 Å². The van der Waals surface area contributed by atoms with Crippen molar-refractivity contribution >= 4 is 12.6 Å². The lowest BCUT2D eigenvalue weighted by atomic mass is 9.90. The maximum Gasteiger partial charge on any atom is 0.223 e. The first-order valence-corrected chi connectivity index (χ1v) is 5.69. The van der Waals surface area contributed by atoms with E-state index in [0.717, 1.165) is 18.5 Å². The number of rotatable bonds is 2. The second kappa shape index (κ2) is 5.64. The number of carbonyl (C=O) groups excluding carboxylic acids is 1. The summed E-state index contributed by atoms with van der Waals surface area (Å²) in [6.07, 6.45) is 7.51. The summed E-state index contributed by atoms with van der Waals surface area (Å²) in [5.41, 5.74) is 1.08. The molecule has 0 spiro atoms. The van der Waals surface area contributed by atoms with E-state index in [1.807, 2.05) is 17.1 Å². The Morgan fingerprint density at radius 1 is 1.56 bits per heavy atom. The molecule has 1 aliphatic rings. The number of nitrogens with zero attached hydrogens (tertiary/aromatic N) is 2. The van der Waals surface area contributed by atoms with Gasteiger partial charge in [0, 0.05) is 24.9 Å². The summed E-state index contributed by atoms with van der Waals surface area (Å²) in [7, 11) is 0. The van der Waals surface area contributed by atoms with Crippen LogP contribution < -0.4 is 0 Å². The molecule has 16 heavy (non-hydrogen) atoms. The molecule has 1 rings (SSSR count). The Labute approximate surface area is 97.6 Å². The lowest BCUT2D eigenvalue weighted by molar-refractivity contribution is -0.130. The third-order valence-electron chi connectivity index (χ3n) is 3.22. The van der Waals surface area contributed by atoms with Crippen LogP contribution in [0, 0.1) is 5.92 Å². The molecule has 1 heterocycles. The van der Waals surface area contributed by atoms with Crippen molar-refractivity contribution in [3.63, 3.8) is 0 Å². The average Bonchev–Trinajstić information content (AvgIpc) is 2.23. The summed E-state index contributed by atoms with van der Waals surface area (Å²) in [5, 5.41) is 0. The molecular formula is C13H20N2O. The van der Waals surface area contributed by atoms with Gasteiger partial charge in [0.15, 0.2) is 0 Å². The first-order valence-electron chi connectivity index (χ1n) is 5.69. The topological polar surface area (TPSA) is 32.7 Å². The van der Waals surface area contributed by atoms with E-state index in [9.17, 15) is 4.79 Å². The standard InChI is InChI=1S/C13H20N2O/c1-10-7-8-13(6-5-9-14-4)15(11(10)2)12(3)16/h5-6,9-11H,4,7-8H2,1-3H3/b9-5-,13-6+/t10-,11+/m1/s1. The molecule has 2 atom stereocenters. The molecule has 0 N–H and O–H groups in total. The molecule has 0 aromatic heterocycles. The molecule has 3 heteroatoms. The van der Waals surface area contributed by atoms with Crippen molar-refractivity contribution in [1.29, 1.82) is 0 Å². The van der Waals surface area contributed by atoms with E-state index in [1.165, 1.54) is 0 Å². The van der Waals surface area contributed by atoms with Gasteiger partial charge in [-0.25, -0.2) is 0 Å². The Kier molecular flexibility index (Phi) is 4.47. The molecule has 1 amide bonds. The van der Waals surface area contributed by atoms with Crippen LogP contribution in [0.25, 0.3) is 0 Å². The van der Waals surface area contributed by atoms with Gasteiger partial charge in [-0.2, -0.15) is 0 Å². The second-order valence-corrected chi connectivity index (χ2v) is 4.33. The van der Waals surface area contributed by atoms with E-state index in [-0.39, 0.29) is 11.9 Å². The van der Waals surface area contributed by atoms with Gasteiger partial charge < -0.3 is 4.90 Å². The summed E-state index contributed by atoms with van der Waals surface area (Å²) in [4.78, 5) is 17.2. The minimum atomic E-state index is 0.116. The number of carbonyl (C=O) groups is 1. The molecule has 0 bridgehead atoms. The van der Waals surface area contributed by atoms with Gasteiger partial charge in [-0.1, -0.05) is 6.92 Å². The molecule has 1 saturated heterocycles. The fraction of sp³-hybridized carbons (Fsp3) is 0.538. The van der Waals surface area contributed by atoms with Gasteiger partial charge in [0.05, 0.1) is 0 Å². The van der Waals surface area contributed by atoms with E-state index in [0.29, 0.717) is 5.92 Å². The lowest BCUT2D eigenvalue weighted by Gasteiger charge is -2.39. The second-order valence-electron chi connectivity index (χ2n) is 4.33. The summed E-state index contributed by atoms with van der Waals surface area (Å²) in [5.74, 6) is 0.674. The van der Waals surface area contributed by atoms with Crippen LogP contribution in [0.3, 0.4) is 0 Å². The molecule has 0 aliphatic carbocycles. The van der Waals surface area contributed by atoms with Crippen molar-refractivity contribution in [2.24, 2.45) is 10.9 Å². The summed E-state index contributed by atoms with van der Waals surface area (Å²) < 4.78 is 0. The SMILES string of the molecule is C=N/C=C\C=C1/CC[C@@H](C)[C@H](C)N1C(C)=O. The highest BCUT2D eigenvalue weighted by Gasteiger charge is 2.29. The highest BCUT2D eigenvalue weighted by Crippen LogP contribution is 2.30. The third kappa shape index (κ3) is 2.81. The molecule has 88 valence electrons. The molecule has 0 unspecified atom stereocenters. The number of amides is 1. The Morgan fingerprint density at radius 3 is 2.81 bits per heavy atom. The largest absolute Gasteiger partial charge is 0.313 e. The predicted octanol–water partition coefficient (Wildman–Crippen LogP) is 2.75. The number of aliphatic imine (C=N–C) groups is 1. The van der Waals surface area contributed by atoms with Crippen molar-refractivity contribution in [3.05, 3.63) is 24.0 Å². The van der Waals surface area contributed by atoms with E-state index in [1.54, 1.807) is 13.1 Å². The van der Waals surface area contributed by atoms with Gasteiger partial charge in [-0.15, -0.1) is 0 Å². The van der Waals surface area contributed by atoms with Crippen LogP contribution in [-0.4, -0.2) is 23.6 Å². The Bertz CT molecular complexity index is 331. The number of allylic oxidation sites excluding steroid dienone is 3. The van der Waals surface area contributed by atoms with Crippen molar-refractivity contribution < 1.29 is 4.79 Å². The van der Waals surface area contributed by atoms with Gasteiger partial charge in [0.25, 0.3) is 0 Å². The molecule has 0 aromatic carbocycles. The van der Waals surface area contributed by atoms with Crippen LogP contribution in [-0.2, 0) is 4.79 Å². The van der Waals surface area contributed by atoms with Gasteiger partial charge in [-0.05, 0) is 44.6 Å². The monoisotopic (exact) mass is 220 g/mol. The zero-order valence-corrected chi connectivity index (χ0v) is 10.3. The highest BCUT2D eigenvalue weighted by molar-refractivity contribution is 5.76. The maximum atomic E-state index is 11.6.